The highest BCUT2D eigenvalue weighted by molar-refractivity contribution is 5.96. The number of carbonyl (C=O) groups excluding carboxylic acids is 1. The van der Waals surface area contributed by atoms with Crippen LogP contribution in [0, 0.1) is 12.7 Å². The third-order valence-corrected chi connectivity index (χ3v) is 2.45. The Morgan fingerprint density at radius 1 is 1.28 bits per heavy atom. The van der Waals surface area contributed by atoms with Crippen molar-refractivity contribution in [3.8, 4) is 11.5 Å². The summed E-state index contributed by atoms with van der Waals surface area (Å²) < 4.78 is 19.1. The number of halogens is 1. The number of hydrogen-bond donors (Lipinski definition) is 0. The lowest BCUT2D eigenvalue weighted by molar-refractivity contribution is 0.101. The Labute approximate surface area is 104 Å². The number of para-hydroxylation sites is 1. The van der Waals surface area contributed by atoms with Crippen molar-refractivity contribution in [3.63, 3.8) is 0 Å². The van der Waals surface area contributed by atoms with Gasteiger partial charge in [0.2, 0.25) is 0 Å². The van der Waals surface area contributed by atoms with Crippen molar-refractivity contribution >= 4 is 5.78 Å². The van der Waals surface area contributed by atoms with Crippen molar-refractivity contribution < 1.29 is 13.9 Å². The quantitative estimate of drug-likeness (QED) is 0.776. The van der Waals surface area contributed by atoms with Gasteiger partial charge < -0.3 is 4.74 Å². The van der Waals surface area contributed by atoms with E-state index in [1.807, 2.05) is 6.92 Å². The highest BCUT2D eigenvalue weighted by atomic mass is 19.1. The molecule has 0 N–H and O–H groups in total. The second kappa shape index (κ2) is 4.96. The first-order chi connectivity index (χ1) is 8.58. The van der Waals surface area contributed by atoms with Crippen LogP contribution in [0.25, 0.3) is 0 Å². The maximum Gasteiger partial charge on any atom is 0.173 e. The summed E-state index contributed by atoms with van der Waals surface area (Å²) in [6.07, 6.45) is 1.49. The minimum Gasteiger partial charge on any atom is -0.452 e. The number of pyridine rings is 1. The van der Waals surface area contributed by atoms with Crippen LogP contribution >= 0.6 is 0 Å². The number of aromatic nitrogens is 1. The molecule has 0 aliphatic carbocycles. The number of carbonyl (C=O) groups is 1. The van der Waals surface area contributed by atoms with E-state index < -0.39 is 5.82 Å². The second-order valence-electron chi connectivity index (χ2n) is 3.91. The number of ether oxygens (including phenoxy) is 1. The van der Waals surface area contributed by atoms with Crippen molar-refractivity contribution in [2.24, 2.45) is 0 Å². The van der Waals surface area contributed by atoms with Crippen LogP contribution in [0.1, 0.15) is 23.0 Å². The van der Waals surface area contributed by atoms with Crippen LogP contribution in [-0.4, -0.2) is 10.8 Å². The summed E-state index contributed by atoms with van der Waals surface area (Å²) in [4.78, 5) is 15.4. The monoisotopic (exact) mass is 245 g/mol. The molecule has 2 rings (SSSR count). The van der Waals surface area contributed by atoms with E-state index in [2.05, 4.69) is 4.98 Å². The van der Waals surface area contributed by atoms with E-state index in [1.54, 1.807) is 12.1 Å². The van der Waals surface area contributed by atoms with E-state index in [0.29, 0.717) is 5.75 Å². The van der Waals surface area contributed by atoms with Crippen LogP contribution in [0.5, 0.6) is 11.5 Å². The molecule has 0 atom stereocenters. The molecule has 18 heavy (non-hydrogen) atoms. The smallest absolute Gasteiger partial charge is 0.173 e. The van der Waals surface area contributed by atoms with E-state index in [4.69, 9.17) is 4.74 Å². The van der Waals surface area contributed by atoms with E-state index in [1.165, 1.54) is 31.3 Å². The molecule has 1 aromatic carbocycles. The number of Topliss-reactive ketones (excluding diaryl/α,β-unsaturated/α-hetero) is 1. The third kappa shape index (κ3) is 2.53. The van der Waals surface area contributed by atoms with Crippen molar-refractivity contribution in [2.45, 2.75) is 13.8 Å². The molecule has 0 aliphatic heterocycles. The van der Waals surface area contributed by atoms with Crippen LogP contribution in [0.2, 0.25) is 0 Å². The first-order valence-electron chi connectivity index (χ1n) is 5.48. The lowest BCUT2D eigenvalue weighted by Gasteiger charge is -2.10. The molecule has 3 nitrogen and oxygen atoms in total. The first kappa shape index (κ1) is 12.2. The summed E-state index contributed by atoms with van der Waals surface area (Å²) in [6, 6.07) is 7.69. The number of ketones is 1. The Hall–Kier alpha value is -2.23. The van der Waals surface area contributed by atoms with Gasteiger partial charge in [0.05, 0.1) is 11.8 Å². The molecule has 0 saturated carbocycles. The van der Waals surface area contributed by atoms with Crippen LogP contribution in [-0.2, 0) is 0 Å². The van der Waals surface area contributed by atoms with Crippen LogP contribution in [0.15, 0.2) is 36.5 Å². The molecule has 0 saturated heterocycles. The Morgan fingerprint density at radius 3 is 2.67 bits per heavy atom. The minimum absolute atomic E-state index is 0.0596. The lowest BCUT2D eigenvalue weighted by Crippen LogP contribution is -1.99. The van der Waals surface area contributed by atoms with Crippen molar-refractivity contribution in [3.05, 3.63) is 53.6 Å². The maximum absolute atomic E-state index is 13.7. The molecule has 2 aromatic rings. The summed E-state index contributed by atoms with van der Waals surface area (Å²) in [5, 5.41) is 0. The fourth-order valence-corrected chi connectivity index (χ4v) is 1.52. The minimum atomic E-state index is -0.566. The molecule has 92 valence electrons. The molecule has 0 bridgehead atoms. The summed E-state index contributed by atoms with van der Waals surface area (Å²) in [5.74, 6) is -0.475. The van der Waals surface area contributed by atoms with E-state index >= 15 is 0 Å². The van der Waals surface area contributed by atoms with Gasteiger partial charge in [-0.15, -0.1) is 0 Å². The Morgan fingerprint density at radius 2 is 2.06 bits per heavy atom. The average molecular weight is 245 g/mol. The molecule has 0 unspecified atom stereocenters. The number of rotatable bonds is 3. The Balaban J connectivity index is 2.39. The fourth-order valence-electron chi connectivity index (χ4n) is 1.52. The van der Waals surface area contributed by atoms with Gasteiger partial charge in [0.1, 0.15) is 5.75 Å². The molecule has 0 amide bonds. The molecule has 1 aromatic heterocycles. The lowest BCUT2D eigenvalue weighted by atomic mass is 10.1. The predicted octanol–water partition coefficient (Wildman–Crippen LogP) is 3.52. The van der Waals surface area contributed by atoms with Gasteiger partial charge in [-0.05, 0) is 38.1 Å². The van der Waals surface area contributed by atoms with Crippen LogP contribution < -0.4 is 4.74 Å². The largest absolute Gasteiger partial charge is 0.452 e. The topological polar surface area (TPSA) is 39.2 Å². The van der Waals surface area contributed by atoms with Gasteiger partial charge in [-0.1, -0.05) is 6.07 Å². The summed E-state index contributed by atoms with van der Waals surface area (Å²) in [7, 11) is 0. The van der Waals surface area contributed by atoms with Gasteiger partial charge in [-0.2, -0.15) is 0 Å². The highest BCUT2D eigenvalue weighted by Crippen LogP contribution is 2.28. The van der Waals surface area contributed by atoms with Crippen molar-refractivity contribution in [1.29, 1.82) is 0 Å². The molecule has 4 heteroatoms. The fraction of sp³-hybridized carbons (Fsp3) is 0.143. The summed E-state index contributed by atoms with van der Waals surface area (Å²) in [5.41, 5.74) is 1.05. The number of aryl methyl sites for hydroxylation is 1. The van der Waals surface area contributed by atoms with Gasteiger partial charge >= 0.3 is 0 Å². The normalized spacial score (nSPS) is 10.2. The van der Waals surface area contributed by atoms with E-state index in [-0.39, 0.29) is 17.1 Å². The van der Waals surface area contributed by atoms with Crippen molar-refractivity contribution in [2.75, 3.05) is 0 Å². The molecular weight excluding hydrogens is 233 g/mol. The zero-order valence-electron chi connectivity index (χ0n) is 10.1. The standard InChI is InChI=1S/C14H12FNO2/c1-9-6-7-11(8-16-9)18-14-12(10(2)17)4-3-5-13(14)15/h3-8H,1-2H3. The molecular formula is C14H12FNO2. The van der Waals surface area contributed by atoms with Gasteiger partial charge in [0, 0.05) is 5.69 Å². The van der Waals surface area contributed by atoms with Crippen LogP contribution in [0.3, 0.4) is 0 Å². The molecule has 0 aliphatic rings. The zero-order chi connectivity index (χ0) is 13.1. The number of nitrogens with zero attached hydrogens (tertiary/aromatic N) is 1. The summed E-state index contributed by atoms with van der Waals surface area (Å²) in [6.45, 7) is 3.21. The maximum atomic E-state index is 13.7. The molecule has 0 fully saturated rings. The zero-order valence-corrected chi connectivity index (χ0v) is 10.1. The number of benzene rings is 1. The first-order valence-corrected chi connectivity index (χ1v) is 5.48. The van der Waals surface area contributed by atoms with Crippen LogP contribution in [0.4, 0.5) is 4.39 Å². The van der Waals surface area contributed by atoms with Gasteiger partial charge in [0.25, 0.3) is 0 Å². The molecule has 0 spiro atoms. The Kier molecular flexibility index (Phi) is 3.37. The highest BCUT2D eigenvalue weighted by Gasteiger charge is 2.14. The predicted molar refractivity (Wildman–Crippen MR) is 65.5 cm³/mol. The number of hydrogen-bond acceptors (Lipinski definition) is 3. The van der Waals surface area contributed by atoms with Gasteiger partial charge in [0.15, 0.2) is 17.3 Å². The second-order valence-corrected chi connectivity index (χ2v) is 3.91. The van der Waals surface area contributed by atoms with E-state index in [0.717, 1.165) is 5.69 Å². The molecule has 1 heterocycles. The summed E-state index contributed by atoms with van der Waals surface area (Å²) >= 11 is 0. The third-order valence-electron chi connectivity index (χ3n) is 2.45. The SMILES string of the molecule is CC(=O)c1cccc(F)c1Oc1ccc(C)nc1. The average Bonchev–Trinajstić information content (AvgIpc) is 2.34. The van der Waals surface area contributed by atoms with Gasteiger partial charge in [-0.3, -0.25) is 9.78 Å². The van der Waals surface area contributed by atoms with Gasteiger partial charge in [-0.25, -0.2) is 4.39 Å². The van der Waals surface area contributed by atoms with E-state index in [9.17, 15) is 9.18 Å². The molecule has 0 radical (unpaired) electrons. The van der Waals surface area contributed by atoms with Crippen molar-refractivity contribution in [1.82, 2.24) is 4.98 Å². The Bertz CT molecular complexity index is 579.